The van der Waals surface area contributed by atoms with Gasteiger partial charge in [-0.15, -0.1) is 0 Å². The van der Waals surface area contributed by atoms with Crippen molar-refractivity contribution in [3.05, 3.63) is 0 Å². The molecule has 6 nitrogen and oxygen atoms in total. The molecule has 53 heavy (non-hydrogen) atoms. The predicted octanol–water partition coefficient (Wildman–Crippen LogP) is 14.6. The minimum absolute atomic E-state index is 0.0241. The van der Waals surface area contributed by atoms with E-state index in [-0.39, 0.29) is 24.6 Å². The van der Waals surface area contributed by atoms with Crippen LogP contribution in [0.4, 0.5) is 0 Å². The minimum Gasteiger partial charge on any atom is -0.466 e. The summed E-state index contributed by atoms with van der Waals surface area (Å²) in [5, 5.41) is 9.46. The summed E-state index contributed by atoms with van der Waals surface area (Å²) in [4.78, 5) is 26.6. The fourth-order valence-corrected chi connectivity index (χ4v) is 5.81. The zero-order valence-corrected chi connectivity index (χ0v) is 37.9. The van der Waals surface area contributed by atoms with Gasteiger partial charge in [0, 0.05) is 19.4 Å². The SMILES string of the molecule is CCC.CCC.CCC.CCCCCCCCCCCOC(=O)CCCCCN(CCO)CCCCCCCC(=O)OC(CC)CCCCCCCC. The van der Waals surface area contributed by atoms with Crippen LogP contribution < -0.4 is 0 Å². The molecule has 0 aliphatic heterocycles. The zero-order valence-electron chi connectivity index (χ0n) is 37.9. The van der Waals surface area contributed by atoms with Crippen molar-refractivity contribution >= 4 is 11.9 Å². The van der Waals surface area contributed by atoms with Crippen molar-refractivity contribution in [2.24, 2.45) is 0 Å². The molecule has 1 atom stereocenters. The van der Waals surface area contributed by atoms with E-state index in [2.05, 4.69) is 67.2 Å². The Balaban J connectivity index is -0.00000120. The molecule has 0 heterocycles. The van der Waals surface area contributed by atoms with Gasteiger partial charge in [-0.3, -0.25) is 9.59 Å². The number of carbonyl (C=O) groups excluding carboxylic acids is 2. The van der Waals surface area contributed by atoms with Crippen molar-refractivity contribution in [2.75, 3.05) is 32.8 Å². The molecule has 0 spiro atoms. The van der Waals surface area contributed by atoms with Crippen molar-refractivity contribution < 1.29 is 24.2 Å². The van der Waals surface area contributed by atoms with Crippen molar-refractivity contribution in [2.45, 2.75) is 261 Å². The van der Waals surface area contributed by atoms with Crippen LogP contribution in [0.25, 0.3) is 0 Å². The van der Waals surface area contributed by atoms with Gasteiger partial charge >= 0.3 is 11.9 Å². The molecule has 0 aliphatic carbocycles. The van der Waals surface area contributed by atoms with Crippen molar-refractivity contribution in [1.82, 2.24) is 4.90 Å². The van der Waals surface area contributed by atoms with Gasteiger partial charge in [-0.25, -0.2) is 0 Å². The number of esters is 2. The molecule has 0 rings (SSSR count). The monoisotopic (exact) mass is 758 g/mol. The molecule has 0 aliphatic rings. The second-order valence-electron chi connectivity index (χ2n) is 15.1. The van der Waals surface area contributed by atoms with Crippen LogP contribution in [0.1, 0.15) is 255 Å². The second-order valence-corrected chi connectivity index (χ2v) is 15.1. The summed E-state index contributed by atoms with van der Waals surface area (Å²) in [6.45, 7) is 22.8. The Morgan fingerprint density at radius 2 is 0.849 bits per heavy atom. The van der Waals surface area contributed by atoms with Gasteiger partial charge in [-0.05, 0) is 64.5 Å². The lowest BCUT2D eigenvalue weighted by Crippen LogP contribution is -2.29. The molecule has 1 N–H and O–H groups in total. The van der Waals surface area contributed by atoms with E-state index in [1.807, 2.05) is 0 Å². The summed E-state index contributed by atoms with van der Waals surface area (Å²) in [5.74, 6) is -0.0765. The quantitative estimate of drug-likeness (QED) is 0.0512. The Bertz CT molecular complexity index is 654. The van der Waals surface area contributed by atoms with Gasteiger partial charge in [-0.2, -0.15) is 0 Å². The number of unbranched alkanes of at least 4 members (excludes halogenated alkanes) is 19. The number of aliphatic hydroxyl groups excluding tert-OH is 1. The summed E-state index contributed by atoms with van der Waals surface area (Å²) < 4.78 is 11.1. The Labute approximate surface area is 334 Å². The summed E-state index contributed by atoms with van der Waals surface area (Å²) in [5.41, 5.74) is 0. The van der Waals surface area contributed by atoms with E-state index in [0.717, 1.165) is 96.6 Å². The van der Waals surface area contributed by atoms with Crippen molar-refractivity contribution in [3.8, 4) is 0 Å². The maximum Gasteiger partial charge on any atom is 0.306 e. The number of hydrogen-bond acceptors (Lipinski definition) is 6. The third-order valence-corrected chi connectivity index (χ3v) is 8.77. The highest BCUT2D eigenvalue weighted by atomic mass is 16.5. The normalized spacial score (nSPS) is 11.1. The van der Waals surface area contributed by atoms with Crippen LogP contribution in [0, 0.1) is 0 Å². The molecule has 6 heteroatoms. The highest BCUT2D eigenvalue weighted by Crippen LogP contribution is 2.15. The molecule has 0 fully saturated rings. The molecule has 0 amide bonds. The van der Waals surface area contributed by atoms with E-state index in [1.54, 1.807) is 0 Å². The average Bonchev–Trinajstić information content (AvgIpc) is 3.13. The summed E-state index contributed by atoms with van der Waals surface area (Å²) in [6.07, 6.45) is 34.2. The second kappa shape index (κ2) is 55.2. The van der Waals surface area contributed by atoms with E-state index in [4.69, 9.17) is 9.47 Å². The van der Waals surface area contributed by atoms with Crippen LogP contribution in [0.3, 0.4) is 0 Å². The largest absolute Gasteiger partial charge is 0.466 e. The molecule has 1 unspecified atom stereocenters. The molecular weight excluding hydrogens is 659 g/mol. The van der Waals surface area contributed by atoms with Crippen LogP contribution in [0.5, 0.6) is 0 Å². The lowest BCUT2D eigenvalue weighted by molar-refractivity contribution is -0.149. The van der Waals surface area contributed by atoms with Crippen LogP contribution in [0.2, 0.25) is 0 Å². The van der Waals surface area contributed by atoms with Crippen LogP contribution in [-0.2, 0) is 19.1 Å². The number of carbonyl (C=O) groups is 2. The van der Waals surface area contributed by atoms with Gasteiger partial charge in [-0.1, -0.05) is 191 Å². The number of aliphatic hydroxyl groups is 1. The summed E-state index contributed by atoms with van der Waals surface area (Å²) in [6, 6.07) is 0. The van der Waals surface area contributed by atoms with Gasteiger partial charge in [0.05, 0.1) is 13.2 Å². The molecule has 0 aromatic heterocycles. The fourth-order valence-electron chi connectivity index (χ4n) is 5.81. The Morgan fingerprint density at radius 3 is 1.30 bits per heavy atom. The summed E-state index contributed by atoms with van der Waals surface area (Å²) in [7, 11) is 0. The maximum atomic E-state index is 12.3. The molecule has 0 radical (unpaired) electrons. The smallest absolute Gasteiger partial charge is 0.306 e. The van der Waals surface area contributed by atoms with Crippen LogP contribution in [0.15, 0.2) is 0 Å². The first-order valence-electron chi connectivity index (χ1n) is 23.5. The van der Waals surface area contributed by atoms with Crippen LogP contribution in [-0.4, -0.2) is 60.9 Å². The van der Waals surface area contributed by atoms with E-state index >= 15 is 0 Å². The first-order chi connectivity index (χ1) is 25.8. The predicted molar refractivity (Wildman–Crippen MR) is 234 cm³/mol. The lowest BCUT2D eigenvalue weighted by Gasteiger charge is -2.21. The van der Waals surface area contributed by atoms with Crippen LogP contribution >= 0.6 is 0 Å². The standard InChI is InChI=1S/C38H75NO5.3C3H8/c1-4-7-9-11-13-14-15-20-27-35-43-37(41)29-24-21-26-32-39(33-34-40)31-25-19-16-18-23-30-38(42)44-36(6-3)28-22-17-12-10-8-5-2;3*1-3-2/h36,40H,4-35H2,1-3H3;3*3H2,1-2H3. The van der Waals surface area contributed by atoms with Crippen molar-refractivity contribution in [3.63, 3.8) is 0 Å². The Morgan fingerprint density at radius 1 is 0.472 bits per heavy atom. The maximum absolute atomic E-state index is 12.3. The number of nitrogens with zero attached hydrogens (tertiary/aromatic N) is 1. The summed E-state index contributed by atoms with van der Waals surface area (Å²) >= 11 is 0. The molecule has 0 saturated carbocycles. The van der Waals surface area contributed by atoms with E-state index in [0.29, 0.717) is 26.0 Å². The molecule has 0 bridgehead atoms. The zero-order chi connectivity index (χ0) is 40.5. The molecule has 0 aromatic rings. The number of ether oxygens (including phenoxy) is 2. The Kier molecular flexibility index (Phi) is 61.0. The van der Waals surface area contributed by atoms with Gasteiger partial charge in [0.2, 0.25) is 0 Å². The molecule has 322 valence electrons. The third kappa shape index (κ3) is 57.7. The van der Waals surface area contributed by atoms with Gasteiger partial charge < -0.3 is 19.5 Å². The lowest BCUT2D eigenvalue weighted by atomic mass is 10.1. The van der Waals surface area contributed by atoms with Gasteiger partial charge in [0.15, 0.2) is 0 Å². The Hall–Kier alpha value is -1.14. The highest BCUT2D eigenvalue weighted by molar-refractivity contribution is 5.69. The number of hydrogen-bond donors (Lipinski definition) is 1. The molecule has 0 aromatic carbocycles. The van der Waals surface area contributed by atoms with E-state index < -0.39 is 0 Å². The molecule has 0 saturated heterocycles. The average molecular weight is 758 g/mol. The van der Waals surface area contributed by atoms with Gasteiger partial charge in [0.1, 0.15) is 6.10 Å². The third-order valence-electron chi connectivity index (χ3n) is 8.77. The van der Waals surface area contributed by atoms with E-state index in [9.17, 15) is 14.7 Å². The highest BCUT2D eigenvalue weighted by Gasteiger charge is 2.12. The topological polar surface area (TPSA) is 76.1 Å². The molecular formula is C47H99NO5. The van der Waals surface area contributed by atoms with E-state index in [1.165, 1.54) is 96.3 Å². The first kappa shape index (κ1) is 58.6. The minimum atomic E-state index is -0.0524. The van der Waals surface area contributed by atoms with Gasteiger partial charge in [0.25, 0.3) is 0 Å². The number of rotatable bonds is 35. The van der Waals surface area contributed by atoms with Crippen molar-refractivity contribution in [1.29, 1.82) is 0 Å². The first-order valence-corrected chi connectivity index (χ1v) is 23.5. The fraction of sp³-hybridized carbons (Fsp3) is 0.957.